The maximum Gasteiger partial charge on any atom is 0.220 e. The summed E-state index contributed by atoms with van der Waals surface area (Å²) < 4.78 is 21.2. The number of carbonyl (C=O) groups is 2. The highest BCUT2D eigenvalue weighted by molar-refractivity contribution is 7.80. The smallest absolute Gasteiger partial charge is 0.220 e. The van der Waals surface area contributed by atoms with Crippen molar-refractivity contribution >= 4 is 24.3 Å². The van der Waals surface area contributed by atoms with Crippen molar-refractivity contribution in [3.63, 3.8) is 0 Å². The summed E-state index contributed by atoms with van der Waals surface area (Å²) in [5.41, 5.74) is 0. The Kier molecular flexibility index (Phi) is 17.2. The number of hydrogen-bond acceptors (Lipinski definition) is 7. The van der Waals surface area contributed by atoms with Crippen molar-refractivity contribution in [1.29, 1.82) is 0 Å². The number of nitrogens with one attached hydrogen (secondary N) is 1. The van der Waals surface area contributed by atoms with Crippen LogP contribution in [0.5, 0.6) is 0 Å². The summed E-state index contributed by atoms with van der Waals surface area (Å²) in [6.07, 6.45) is 0.871. The molecule has 0 fully saturated rings. The number of ketones is 1. The summed E-state index contributed by atoms with van der Waals surface area (Å²) in [5.74, 6) is 0.663. The lowest BCUT2D eigenvalue weighted by Gasteiger charge is -2.08. The third-order valence-corrected chi connectivity index (χ3v) is 2.85. The van der Waals surface area contributed by atoms with E-state index in [1.165, 1.54) is 0 Å². The van der Waals surface area contributed by atoms with Crippen LogP contribution in [0.2, 0.25) is 0 Å². The molecule has 0 heterocycles. The molecular weight excluding hydrogens is 322 g/mol. The Bertz CT molecular complexity index is 304. The van der Waals surface area contributed by atoms with E-state index in [-0.39, 0.29) is 11.7 Å². The highest BCUT2D eigenvalue weighted by atomic mass is 32.1. The van der Waals surface area contributed by atoms with Crippen molar-refractivity contribution in [3.8, 4) is 0 Å². The highest BCUT2D eigenvalue weighted by Gasteiger charge is 1.98. The summed E-state index contributed by atoms with van der Waals surface area (Å²) in [4.78, 5) is 21.8. The fraction of sp³-hybridized carbons (Fsp3) is 0.867. The van der Waals surface area contributed by atoms with Crippen LogP contribution in [0, 0.1) is 0 Å². The van der Waals surface area contributed by atoms with Gasteiger partial charge in [-0.3, -0.25) is 9.59 Å². The topological polar surface area (TPSA) is 83.1 Å². The average Bonchev–Trinajstić information content (AvgIpc) is 2.51. The standard InChI is InChI=1S/C15H29NO6S/c1-14(17)2-5-19-7-9-21-11-12-22-10-8-20-6-4-16-15(18)3-13-23/h23H,2-13H2,1H3,(H,16,18). The van der Waals surface area contributed by atoms with Crippen LogP contribution in [0.3, 0.4) is 0 Å². The molecule has 0 aliphatic heterocycles. The number of ether oxygens (including phenoxy) is 4. The van der Waals surface area contributed by atoms with Crippen LogP contribution < -0.4 is 5.32 Å². The van der Waals surface area contributed by atoms with Gasteiger partial charge in [-0.05, 0) is 12.7 Å². The molecule has 0 aliphatic carbocycles. The molecule has 0 aromatic rings. The summed E-state index contributed by atoms with van der Waals surface area (Å²) in [6, 6.07) is 0. The van der Waals surface area contributed by atoms with Gasteiger partial charge in [0, 0.05) is 19.4 Å². The van der Waals surface area contributed by atoms with E-state index in [0.29, 0.717) is 78.0 Å². The van der Waals surface area contributed by atoms with Gasteiger partial charge < -0.3 is 24.3 Å². The molecule has 0 radical (unpaired) electrons. The van der Waals surface area contributed by atoms with Crippen LogP contribution in [0.25, 0.3) is 0 Å². The van der Waals surface area contributed by atoms with Crippen molar-refractivity contribution in [2.24, 2.45) is 0 Å². The second-order valence-electron chi connectivity index (χ2n) is 4.73. The highest BCUT2D eigenvalue weighted by Crippen LogP contribution is 1.86. The van der Waals surface area contributed by atoms with E-state index in [2.05, 4.69) is 17.9 Å². The molecule has 0 atom stereocenters. The van der Waals surface area contributed by atoms with Gasteiger partial charge in [-0.1, -0.05) is 0 Å². The van der Waals surface area contributed by atoms with E-state index in [1.54, 1.807) is 6.92 Å². The Morgan fingerprint density at radius 1 is 0.783 bits per heavy atom. The van der Waals surface area contributed by atoms with E-state index in [0.717, 1.165) is 0 Å². The summed E-state index contributed by atoms with van der Waals surface area (Å²) >= 11 is 3.98. The second-order valence-corrected chi connectivity index (χ2v) is 5.17. The largest absolute Gasteiger partial charge is 0.379 e. The molecule has 0 unspecified atom stereocenters. The molecule has 0 aromatic carbocycles. The molecule has 0 rings (SSSR count). The van der Waals surface area contributed by atoms with Crippen molar-refractivity contribution in [1.82, 2.24) is 5.32 Å². The Morgan fingerprint density at radius 3 is 1.74 bits per heavy atom. The molecule has 8 heteroatoms. The van der Waals surface area contributed by atoms with Crippen molar-refractivity contribution in [3.05, 3.63) is 0 Å². The number of carbonyl (C=O) groups excluding carboxylic acids is 2. The lowest BCUT2D eigenvalue weighted by Crippen LogP contribution is -2.27. The van der Waals surface area contributed by atoms with E-state index >= 15 is 0 Å². The molecule has 0 bridgehead atoms. The second kappa shape index (κ2) is 17.7. The van der Waals surface area contributed by atoms with Gasteiger partial charge in [0.25, 0.3) is 0 Å². The van der Waals surface area contributed by atoms with Gasteiger partial charge in [-0.15, -0.1) is 0 Å². The molecular formula is C15H29NO6S. The van der Waals surface area contributed by atoms with Crippen molar-refractivity contribution in [2.45, 2.75) is 19.8 Å². The van der Waals surface area contributed by atoms with Crippen LogP contribution >= 0.6 is 12.6 Å². The first kappa shape index (κ1) is 22.3. The molecule has 136 valence electrons. The predicted molar refractivity (Wildman–Crippen MR) is 90.1 cm³/mol. The summed E-state index contributed by atoms with van der Waals surface area (Å²) in [6.45, 7) is 5.89. The number of thiol groups is 1. The van der Waals surface area contributed by atoms with Crippen LogP contribution in [0.1, 0.15) is 19.8 Å². The van der Waals surface area contributed by atoms with Gasteiger partial charge in [0.2, 0.25) is 5.91 Å². The molecule has 0 saturated heterocycles. The zero-order valence-corrected chi connectivity index (χ0v) is 14.8. The first-order valence-corrected chi connectivity index (χ1v) is 8.48. The number of hydrogen-bond donors (Lipinski definition) is 2. The van der Waals surface area contributed by atoms with Gasteiger partial charge in [0.05, 0.1) is 52.9 Å². The first-order chi connectivity index (χ1) is 11.2. The van der Waals surface area contributed by atoms with E-state index in [1.807, 2.05) is 0 Å². The third kappa shape index (κ3) is 19.3. The molecule has 1 N–H and O–H groups in total. The third-order valence-electron chi connectivity index (χ3n) is 2.62. The molecule has 0 aromatic heterocycles. The Balaban J connectivity index is 3.05. The summed E-state index contributed by atoms with van der Waals surface area (Å²) in [5, 5.41) is 2.73. The Hall–Kier alpha value is -0.670. The predicted octanol–water partition coefficient (Wildman–Crippen LogP) is 0.468. The lowest BCUT2D eigenvalue weighted by molar-refractivity contribution is -0.121. The molecule has 1 amide bonds. The monoisotopic (exact) mass is 351 g/mol. The average molecular weight is 351 g/mol. The minimum absolute atomic E-state index is 0.0118. The van der Waals surface area contributed by atoms with Crippen LogP contribution in [0.15, 0.2) is 0 Å². The van der Waals surface area contributed by atoms with Crippen molar-refractivity contribution < 1.29 is 28.5 Å². The molecule has 23 heavy (non-hydrogen) atoms. The van der Waals surface area contributed by atoms with Gasteiger partial charge >= 0.3 is 0 Å². The fourth-order valence-electron chi connectivity index (χ4n) is 1.43. The number of Topliss-reactive ketones (excluding diaryl/α,β-unsaturated/α-hetero) is 1. The minimum atomic E-state index is -0.0118. The van der Waals surface area contributed by atoms with Crippen LogP contribution in [-0.4, -0.2) is 76.8 Å². The maximum atomic E-state index is 11.1. The van der Waals surface area contributed by atoms with Gasteiger partial charge in [0.1, 0.15) is 5.78 Å². The zero-order valence-electron chi connectivity index (χ0n) is 13.9. The fourth-order valence-corrected chi connectivity index (χ4v) is 1.63. The molecule has 0 saturated carbocycles. The van der Waals surface area contributed by atoms with Crippen LogP contribution in [0.4, 0.5) is 0 Å². The minimum Gasteiger partial charge on any atom is -0.379 e. The van der Waals surface area contributed by atoms with E-state index in [9.17, 15) is 9.59 Å². The number of amides is 1. The lowest BCUT2D eigenvalue weighted by atomic mass is 10.3. The van der Waals surface area contributed by atoms with Crippen molar-refractivity contribution in [2.75, 3.05) is 65.2 Å². The Morgan fingerprint density at radius 2 is 1.26 bits per heavy atom. The van der Waals surface area contributed by atoms with E-state index in [4.69, 9.17) is 18.9 Å². The normalized spacial score (nSPS) is 10.7. The molecule has 0 spiro atoms. The maximum absolute atomic E-state index is 11.1. The van der Waals surface area contributed by atoms with Gasteiger partial charge in [-0.25, -0.2) is 0 Å². The summed E-state index contributed by atoms with van der Waals surface area (Å²) in [7, 11) is 0. The van der Waals surface area contributed by atoms with Gasteiger partial charge in [0.15, 0.2) is 0 Å². The zero-order chi connectivity index (χ0) is 17.2. The Labute approximate surface area is 143 Å². The quantitative estimate of drug-likeness (QED) is 0.293. The van der Waals surface area contributed by atoms with E-state index < -0.39 is 0 Å². The number of rotatable bonds is 17. The van der Waals surface area contributed by atoms with Crippen LogP contribution in [-0.2, 0) is 28.5 Å². The van der Waals surface area contributed by atoms with Gasteiger partial charge in [-0.2, -0.15) is 12.6 Å². The SMILES string of the molecule is CC(=O)CCOCCOCCOCCOCCNC(=O)CCS. The molecule has 7 nitrogen and oxygen atoms in total. The first-order valence-electron chi connectivity index (χ1n) is 7.84. The molecule has 0 aliphatic rings.